The van der Waals surface area contributed by atoms with Crippen LogP contribution in [0.4, 0.5) is 10.3 Å². The third-order valence-corrected chi connectivity index (χ3v) is 10.5. The number of halogens is 1. The second-order valence-corrected chi connectivity index (χ2v) is 14.3. The standard InChI is InChI=1S/C24H33FN4O2Si/c1-7-8-12-30-28-20-15-29(16-20)23-26-13-19(14-27-23)21-11-9-10-18(22(21)25)17-31-32(5,6)24(2,3)4/h7,9-11,13-14H,1,8,12,15-17H2,2-6H3. The van der Waals surface area contributed by atoms with Crippen LogP contribution in [0.15, 0.2) is 35.7 Å². The molecule has 0 bridgehead atoms. The van der Waals surface area contributed by atoms with Crippen molar-refractivity contribution >= 4 is 20.0 Å². The Morgan fingerprint density at radius 2 is 1.91 bits per heavy atom. The lowest BCUT2D eigenvalue weighted by Crippen LogP contribution is -2.48. The van der Waals surface area contributed by atoms with Crippen molar-refractivity contribution in [3.8, 4) is 11.1 Å². The van der Waals surface area contributed by atoms with Gasteiger partial charge in [0, 0.05) is 29.1 Å². The van der Waals surface area contributed by atoms with E-state index in [4.69, 9.17) is 9.26 Å². The molecule has 0 aliphatic carbocycles. The molecule has 1 fully saturated rings. The normalized spacial score (nSPS) is 14.3. The molecule has 1 aliphatic heterocycles. The fourth-order valence-electron chi connectivity index (χ4n) is 2.88. The van der Waals surface area contributed by atoms with Crippen molar-refractivity contribution < 1.29 is 13.7 Å². The summed E-state index contributed by atoms with van der Waals surface area (Å²) in [4.78, 5) is 16.1. The van der Waals surface area contributed by atoms with Gasteiger partial charge < -0.3 is 14.2 Å². The second kappa shape index (κ2) is 10.1. The molecule has 1 saturated heterocycles. The molecule has 6 nitrogen and oxygen atoms in total. The lowest BCUT2D eigenvalue weighted by atomic mass is 10.1. The molecule has 0 atom stereocenters. The Hall–Kier alpha value is -2.32. The third-order valence-electron chi connectivity index (χ3n) is 6.06. The van der Waals surface area contributed by atoms with Gasteiger partial charge in [-0.05, 0) is 37.9 Å². The van der Waals surface area contributed by atoms with E-state index in [1.807, 2.05) is 11.0 Å². The molecule has 0 spiro atoms. The highest BCUT2D eigenvalue weighted by Crippen LogP contribution is 2.37. The lowest BCUT2D eigenvalue weighted by molar-refractivity contribution is 0.146. The van der Waals surface area contributed by atoms with Crippen LogP contribution >= 0.6 is 0 Å². The van der Waals surface area contributed by atoms with Crippen molar-refractivity contribution in [2.24, 2.45) is 5.16 Å². The van der Waals surface area contributed by atoms with Gasteiger partial charge in [0.1, 0.15) is 12.4 Å². The maximum atomic E-state index is 15.2. The number of anilines is 1. The Labute approximate surface area is 192 Å². The van der Waals surface area contributed by atoms with E-state index < -0.39 is 8.32 Å². The fraction of sp³-hybridized carbons (Fsp3) is 0.458. The van der Waals surface area contributed by atoms with E-state index in [0.29, 0.717) is 42.3 Å². The molecule has 32 heavy (non-hydrogen) atoms. The molecule has 3 rings (SSSR count). The Kier molecular flexibility index (Phi) is 7.66. The minimum absolute atomic E-state index is 0.0733. The van der Waals surface area contributed by atoms with Crippen molar-refractivity contribution in [3.05, 3.63) is 55.3 Å². The van der Waals surface area contributed by atoms with Gasteiger partial charge in [0.2, 0.25) is 5.95 Å². The number of hydrogen-bond donors (Lipinski definition) is 0. The van der Waals surface area contributed by atoms with Gasteiger partial charge in [0.15, 0.2) is 8.32 Å². The zero-order chi connectivity index (χ0) is 23.4. The molecular weight excluding hydrogens is 423 g/mol. The molecule has 2 heterocycles. The Morgan fingerprint density at radius 3 is 2.53 bits per heavy atom. The van der Waals surface area contributed by atoms with Gasteiger partial charge in [-0.25, -0.2) is 14.4 Å². The molecule has 8 heteroatoms. The van der Waals surface area contributed by atoms with Crippen molar-refractivity contribution in [1.82, 2.24) is 9.97 Å². The van der Waals surface area contributed by atoms with Crippen LogP contribution in [0.5, 0.6) is 0 Å². The summed E-state index contributed by atoms with van der Waals surface area (Å²) in [5, 5.41) is 4.17. The molecule has 0 amide bonds. The maximum absolute atomic E-state index is 15.2. The molecule has 0 unspecified atom stereocenters. The van der Waals surface area contributed by atoms with Crippen LogP contribution in [0.25, 0.3) is 11.1 Å². The summed E-state index contributed by atoms with van der Waals surface area (Å²) in [6.07, 6.45) is 5.89. The van der Waals surface area contributed by atoms with Crippen LogP contribution in [0.1, 0.15) is 32.8 Å². The van der Waals surface area contributed by atoms with Crippen LogP contribution in [0, 0.1) is 19.2 Å². The largest absolute Gasteiger partial charge is 0.412 e. The van der Waals surface area contributed by atoms with Crippen LogP contribution in [0.2, 0.25) is 18.1 Å². The highest BCUT2D eigenvalue weighted by molar-refractivity contribution is 6.74. The quantitative estimate of drug-likeness (QED) is 0.286. The zero-order valence-electron chi connectivity index (χ0n) is 19.7. The zero-order valence-corrected chi connectivity index (χ0v) is 20.7. The summed E-state index contributed by atoms with van der Waals surface area (Å²) in [5.74, 6) is 0.314. The highest BCUT2D eigenvalue weighted by atomic mass is 28.4. The summed E-state index contributed by atoms with van der Waals surface area (Å²) < 4.78 is 21.4. The molecular formula is C24H33FN4O2Si. The van der Waals surface area contributed by atoms with Gasteiger partial charge in [-0.2, -0.15) is 0 Å². The third kappa shape index (κ3) is 5.72. The summed E-state index contributed by atoms with van der Waals surface area (Å²) in [7, 11) is -1.96. The van der Waals surface area contributed by atoms with Crippen molar-refractivity contribution in [1.29, 1.82) is 0 Å². The first kappa shape index (κ1) is 24.3. The van der Waals surface area contributed by atoms with Gasteiger partial charge in [-0.3, -0.25) is 0 Å². The number of nitrogens with zero attached hydrogens (tertiary/aromatic N) is 4. The van der Waals surface area contributed by atoms with Gasteiger partial charge in [-0.1, -0.05) is 44.1 Å². The first-order valence-corrected chi connectivity index (χ1v) is 13.8. The average molecular weight is 457 g/mol. The van der Waals surface area contributed by atoms with E-state index in [1.165, 1.54) is 0 Å². The van der Waals surface area contributed by atoms with Gasteiger partial charge in [0.05, 0.1) is 25.4 Å². The highest BCUT2D eigenvalue weighted by Gasteiger charge is 2.37. The molecule has 1 aromatic carbocycles. The minimum Gasteiger partial charge on any atom is -0.412 e. The summed E-state index contributed by atoms with van der Waals surface area (Å²) in [5.41, 5.74) is 2.62. The Balaban J connectivity index is 1.64. The SMILES string of the molecule is [CH2][CH]CCON=C1CN(c2ncc(-c3cccc(CO[Si](C)(C)C(C)(C)C)c3F)cn2)C1. The summed E-state index contributed by atoms with van der Waals surface area (Å²) in [6.45, 7) is 16.6. The molecule has 0 N–H and O–H groups in total. The van der Waals surface area contributed by atoms with E-state index in [9.17, 15) is 0 Å². The average Bonchev–Trinajstić information content (AvgIpc) is 2.71. The van der Waals surface area contributed by atoms with Crippen LogP contribution in [-0.4, -0.2) is 43.7 Å². The van der Waals surface area contributed by atoms with E-state index in [2.05, 4.69) is 55.9 Å². The fourth-order valence-corrected chi connectivity index (χ4v) is 3.83. The second-order valence-electron chi connectivity index (χ2n) is 9.52. The Bertz CT molecular complexity index is 934. The van der Waals surface area contributed by atoms with Crippen LogP contribution in [-0.2, 0) is 15.9 Å². The van der Waals surface area contributed by atoms with E-state index in [0.717, 1.165) is 12.1 Å². The first-order valence-electron chi connectivity index (χ1n) is 10.9. The van der Waals surface area contributed by atoms with E-state index >= 15 is 4.39 Å². The molecule has 1 aliphatic rings. The number of aromatic nitrogens is 2. The molecule has 172 valence electrons. The predicted molar refractivity (Wildman–Crippen MR) is 129 cm³/mol. The van der Waals surface area contributed by atoms with Crippen LogP contribution in [0.3, 0.4) is 0 Å². The molecule has 1 aromatic heterocycles. The van der Waals surface area contributed by atoms with Crippen molar-refractivity contribution in [3.63, 3.8) is 0 Å². The molecule has 2 aromatic rings. The predicted octanol–water partition coefficient (Wildman–Crippen LogP) is 5.43. The number of hydrogen-bond acceptors (Lipinski definition) is 6. The van der Waals surface area contributed by atoms with E-state index in [-0.39, 0.29) is 17.5 Å². The van der Waals surface area contributed by atoms with E-state index in [1.54, 1.807) is 30.9 Å². The summed E-state index contributed by atoms with van der Waals surface area (Å²) in [6, 6.07) is 5.37. The molecule has 0 saturated carbocycles. The van der Waals surface area contributed by atoms with Crippen LogP contribution < -0.4 is 4.90 Å². The Morgan fingerprint density at radius 1 is 1.22 bits per heavy atom. The first-order chi connectivity index (χ1) is 15.1. The van der Waals surface area contributed by atoms with Crippen molar-refractivity contribution in [2.45, 2.75) is 51.9 Å². The number of oxime groups is 1. The molecule has 2 radical (unpaired) electrons. The number of rotatable bonds is 9. The summed E-state index contributed by atoms with van der Waals surface area (Å²) >= 11 is 0. The lowest BCUT2D eigenvalue weighted by Gasteiger charge is -2.36. The van der Waals surface area contributed by atoms with Gasteiger partial charge >= 0.3 is 0 Å². The minimum atomic E-state index is -1.96. The maximum Gasteiger partial charge on any atom is 0.225 e. The number of unbranched alkanes of at least 4 members (excludes halogenated alkanes) is 1. The van der Waals surface area contributed by atoms with Gasteiger partial charge in [-0.15, -0.1) is 0 Å². The van der Waals surface area contributed by atoms with Gasteiger partial charge in [0.25, 0.3) is 0 Å². The van der Waals surface area contributed by atoms with Crippen molar-refractivity contribution in [2.75, 3.05) is 24.6 Å². The topological polar surface area (TPSA) is 59.8 Å². The smallest absolute Gasteiger partial charge is 0.225 e. The number of benzene rings is 1. The monoisotopic (exact) mass is 456 g/mol.